The third-order valence-corrected chi connectivity index (χ3v) is 3.62. The first-order chi connectivity index (χ1) is 9.13. The summed E-state index contributed by atoms with van der Waals surface area (Å²) < 4.78 is 28.5. The van der Waals surface area contributed by atoms with Crippen LogP contribution in [-0.4, -0.2) is 14.8 Å². The minimum atomic E-state index is -0.832. The van der Waals surface area contributed by atoms with Crippen LogP contribution >= 0.6 is 11.8 Å². The number of rotatable bonds is 5. The average Bonchev–Trinajstić information content (AvgIpc) is 2.74. The van der Waals surface area contributed by atoms with Gasteiger partial charge < -0.3 is 4.57 Å². The monoisotopic (exact) mass is 281 g/mol. The largest absolute Gasteiger partial charge is 0.302 e. The Morgan fingerprint density at radius 1 is 1.37 bits per heavy atom. The van der Waals surface area contributed by atoms with Crippen molar-refractivity contribution < 1.29 is 8.78 Å². The van der Waals surface area contributed by atoms with Crippen molar-refractivity contribution in [2.24, 2.45) is 0 Å². The van der Waals surface area contributed by atoms with E-state index >= 15 is 0 Å². The molecule has 19 heavy (non-hydrogen) atoms. The first kappa shape index (κ1) is 13.7. The first-order valence-corrected chi connectivity index (χ1v) is 6.68. The highest BCUT2D eigenvalue weighted by molar-refractivity contribution is 7.98. The van der Waals surface area contributed by atoms with Gasteiger partial charge in [0.1, 0.15) is 5.82 Å². The van der Waals surface area contributed by atoms with E-state index in [0.717, 1.165) is 11.9 Å². The van der Waals surface area contributed by atoms with Crippen LogP contribution in [-0.2, 0) is 12.3 Å². The molecule has 0 aliphatic rings. The van der Waals surface area contributed by atoms with E-state index in [0.29, 0.717) is 23.0 Å². The van der Waals surface area contributed by atoms with Crippen LogP contribution in [0.25, 0.3) is 0 Å². The molecule has 0 aliphatic carbocycles. The SMILES string of the molecule is C=CCn1c(C)nnc1SCc1cccc(F)c1F. The van der Waals surface area contributed by atoms with Gasteiger partial charge in [-0.25, -0.2) is 8.78 Å². The zero-order chi connectivity index (χ0) is 13.8. The van der Waals surface area contributed by atoms with Gasteiger partial charge >= 0.3 is 0 Å². The molecule has 1 aromatic heterocycles. The molecule has 0 spiro atoms. The highest BCUT2D eigenvalue weighted by Gasteiger charge is 2.11. The van der Waals surface area contributed by atoms with Gasteiger partial charge in [0.2, 0.25) is 0 Å². The normalized spacial score (nSPS) is 10.7. The Bertz CT molecular complexity index is 596. The predicted octanol–water partition coefficient (Wildman–Crippen LogP) is 3.34. The molecule has 0 saturated heterocycles. The standard InChI is InChI=1S/C13H13F2N3S/c1-3-7-18-9(2)16-17-13(18)19-8-10-5-4-6-11(14)12(10)15/h3-6H,1,7-8H2,2H3. The van der Waals surface area contributed by atoms with Crippen molar-refractivity contribution in [2.75, 3.05) is 0 Å². The molecule has 0 atom stereocenters. The molecule has 2 aromatic rings. The Kier molecular flexibility index (Phi) is 4.31. The lowest BCUT2D eigenvalue weighted by Gasteiger charge is -2.06. The summed E-state index contributed by atoms with van der Waals surface area (Å²) in [5, 5.41) is 8.65. The van der Waals surface area contributed by atoms with Crippen LogP contribution in [0.3, 0.4) is 0 Å². The fourth-order valence-electron chi connectivity index (χ4n) is 1.61. The summed E-state index contributed by atoms with van der Waals surface area (Å²) in [6, 6.07) is 4.16. The summed E-state index contributed by atoms with van der Waals surface area (Å²) in [6.07, 6.45) is 1.74. The van der Waals surface area contributed by atoms with Crippen LogP contribution in [0.5, 0.6) is 0 Å². The van der Waals surface area contributed by atoms with Gasteiger partial charge in [0.05, 0.1) is 0 Å². The minimum absolute atomic E-state index is 0.304. The molecule has 0 fully saturated rings. The topological polar surface area (TPSA) is 30.7 Å². The molecule has 0 amide bonds. The molecule has 0 bridgehead atoms. The van der Waals surface area contributed by atoms with Crippen LogP contribution in [0.15, 0.2) is 36.0 Å². The molecule has 1 heterocycles. The second-order valence-corrected chi connectivity index (χ2v) is 4.87. The van der Waals surface area contributed by atoms with Crippen molar-refractivity contribution in [2.45, 2.75) is 24.4 Å². The summed E-state index contributed by atoms with van der Waals surface area (Å²) in [5.41, 5.74) is 0.316. The number of allylic oxidation sites excluding steroid dienone is 1. The van der Waals surface area contributed by atoms with Gasteiger partial charge in [0.15, 0.2) is 16.8 Å². The van der Waals surface area contributed by atoms with Crippen LogP contribution in [0.4, 0.5) is 8.78 Å². The number of halogens is 2. The van der Waals surface area contributed by atoms with E-state index in [1.165, 1.54) is 17.8 Å². The van der Waals surface area contributed by atoms with Gasteiger partial charge in [-0.2, -0.15) is 0 Å². The Hall–Kier alpha value is -1.69. The highest BCUT2D eigenvalue weighted by atomic mass is 32.2. The van der Waals surface area contributed by atoms with Crippen molar-refractivity contribution in [3.8, 4) is 0 Å². The molecule has 100 valence electrons. The summed E-state index contributed by atoms with van der Waals surface area (Å²) >= 11 is 1.32. The molecular weight excluding hydrogens is 268 g/mol. The van der Waals surface area contributed by atoms with E-state index in [1.54, 1.807) is 12.1 Å². The van der Waals surface area contributed by atoms with Crippen LogP contribution in [0.1, 0.15) is 11.4 Å². The molecule has 0 unspecified atom stereocenters. The average molecular weight is 281 g/mol. The van der Waals surface area contributed by atoms with Gasteiger partial charge in [0.25, 0.3) is 0 Å². The zero-order valence-corrected chi connectivity index (χ0v) is 11.3. The lowest BCUT2D eigenvalue weighted by atomic mass is 10.2. The van der Waals surface area contributed by atoms with Gasteiger partial charge in [-0.3, -0.25) is 0 Å². The molecule has 1 aromatic carbocycles. The number of nitrogens with zero attached hydrogens (tertiary/aromatic N) is 3. The van der Waals surface area contributed by atoms with Gasteiger partial charge in [-0.05, 0) is 13.0 Å². The highest BCUT2D eigenvalue weighted by Crippen LogP contribution is 2.24. The maximum Gasteiger partial charge on any atom is 0.191 e. The zero-order valence-electron chi connectivity index (χ0n) is 10.4. The number of aromatic nitrogens is 3. The third kappa shape index (κ3) is 3.01. The predicted molar refractivity (Wildman–Crippen MR) is 70.9 cm³/mol. The number of benzene rings is 1. The number of hydrogen-bond acceptors (Lipinski definition) is 3. The smallest absolute Gasteiger partial charge is 0.191 e. The molecule has 0 saturated carbocycles. The van der Waals surface area contributed by atoms with Gasteiger partial charge in [-0.1, -0.05) is 30.0 Å². The third-order valence-electron chi connectivity index (χ3n) is 2.60. The second-order valence-electron chi connectivity index (χ2n) is 3.93. The van der Waals surface area contributed by atoms with E-state index in [2.05, 4.69) is 16.8 Å². The maximum atomic E-state index is 13.5. The second kappa shape index (κ2) is 5.97. The maximum absolute atomic E-state index is 13.5. The summed E-state index contributed by atoms with van der Waals surface area (Å²) in [7, 11) is 0. The number of thioether (sulfide) groups is 1. The van der Waals surface area contributed by atoms with Crippen LogP contribution in [0, 0.1) is 18.6 Å². The Labute approximate surface area is 114 Å². The molecule has 0 radical (unpaired) electrons. The molecule has 0 N–H and O–H groups in total. The van der Waals surface area contributed by atoms with Crippen LogP contribution < -0.4 is 0 Å². The number of hydrogen-bond donors (Lipinski definition) is 0. The summed E-state index contributed by atoms with van der Waals surface area (Å²) in [6.45, 7) is 6.09. The number of aryl methyl sites for hydroxylation is 1. The first-order valence-electron chi connectivity index (χ1n) is 5.70. The van der Waals surface area contributed by atoms with E-state index in [-0.39, 0.29) is 0 Å². The fourth-order valence-corrected chi connectivity index (χ4v) is 2.58. The van der Waals surface area contributed by atoms with Crippen molar-refractivity contribution in [3.05, 3.63) is 53.9 Å². The quantitative estimate of drug-likeness (QED) is 0.622. The Morgan fingerprint density at radius 2 is 2.16 bits per heavy atom. The van der Waals surface area contributed by atoms with E-state index < -0.39 is 11.6 Å². The van der Waals surface area contributed by atoms with Crippen molar-refractivity contribution >= 4 is 11.8 Å². The molecule has 2 rings (SSSR count). The van der Waals surface area contributed by atoms with E-state index in [1.807, 2.05) is 11.5 Å². The fraction of sp³-hybridized carbons (Fsp3) is 0.231. The van der Waals surface area contributed by atoms with Crippen molar-refractivity contribution in [3.63, 3.8) is 0 Å². The lowest BCUT2D eigenvalue weighted by molar-refractivity contribution is 0.502. The molecular formula is C13H13F2N3S. The molecule has 3 nitrogen and oxygen atoms in total. The van der Waals surface area contributed by atoms with E-state index in [4.69, 9.17) is 0 Å². The lowest BCUT2D eigenvalue weighted by Crippen LogP contribution is -2.00. The Morgan fingerprint density at radius 3 is 2.89 bits per heavy atom. The van der Waals surface area contributed by atoms with E-state index in [9.17, 15) is 8.78 Å². The molecule has 0 aliphatic heterocycles. The Balaban J connectivity index is 2.14. The summed E-state index contributed by atoms with van der Waals surface area (Å²) in [4.78, 5) is 0. The van der Waals surface area contributed by atoms with Gasteiger partial charge in [0, 0.05) is 17.9 Å². The summed E-state index contributed by atoms with van der Waals surface area (Å²) in [5.74, 6) is -0.566. The van der Waals surface area contributed by atoms with Crippen molar-refractivity contribution in [1.29, 1.82) is 0 Å². The van der Waals surface area contributed by atoms with Crippen molar-refractivity contribution in [1.82, 2.24) is 14.8 Å². The van der Waals surface area contributed by atoms with Crippen LogP contribution in [0.2, 0.25) is 0 Å². The minimum Gasteiger partial charge on any atom is -0.302 e. The molecule has 6 heteroatoms. The van der Waals surface area contributed by atoms with Gasteiger partial charge in [-0.15, -0.1) is 16.8 Å².